The molecule has 4 aromatic rings. The molecule has 34 heavy (non-hydrogen) atoms. The standard InChI is InChI=1S/C28H28N4O2/c1-2-20-8-6-7-11-24(20)31-28(33)29-22-12-13-25-23(18-22)27(32-14-16-34-17-15-32)19-26(30-25)21-9-4-3-5-10-21/h3-13,18-19H,2,14-17H2,1H3,(H2,29,31,33). The first-order valence-corrected chi connectivity index (χ1v) is 11.7. The van der Waals surface area contributed by atoms with Crippen molar-refractivity contribution in [1.29, 1.82) is 0 Å². The van der Waals surface area contributed by atoms with E-state index in [9.17, 15) is 4.79 Å². The Balaban J connectivity index is 1.48. The Morgan fingerprint density at radius 3 is 2.50 bits per heavy atom. The van der Waals surface area contributed by atoms with Gasteiger partial charge in [0.1, 0.15) is 0 Å². The number of urea groups is 1. The number of aryl methyl sites for hydroxylation is 1. The summed E-state index contributed by atoms with van der Waals surface area (Å²) in [5.74, 6) is 0. The minimum atomic E-state index is -0.262. The topological polar surface area (TPSA) is 66.5 Å². The molecule has 172 valence electrons. The minimum absolute atomic E-state index is 0.262. The van der Waals surface area contributed by atoms with Crippen molar-refractivity contribution in [3.05, 3.63) is 84.4 Å². The van der Waals surface area contributed by atoms with Crippen LogP contribution in [0.2, 0.25) is 0 Å². The van der Waals surface area contributed by atoms with Crippen molar-refractivity contribution in [2.45, 2.75) is 13.3 Å². The zero-order chi connectivity index (χ0) is 23.3. The molecule has 1 aliphatic rings. The van der Waals surface area contributed by atoms with E-state index in [1.807, 2.05) is 60.7 Å². The van der Waals surface area contributed by atoms with Gasteiger partial charge in [0.2, 0.25) is 0 Å². The summed E-state index contributed by atoms with van der Waals surface area (Å²) in [5.41, 5.74) is 6.66. The molecule has 3 aromatic carbocycles. The Morgan fingerprint density at radius 1 is 0.941 bits per heavy atom. The number of fused-ring (bicyclic) bond motifs is 1. The fourth-order valence-electron chi connectivity index (χ4n) is 4.34. The second-order valence-electron chi connectivity index (χ2n) is 8.31. The molecule has 1 fully saturated rings. The number of para-hydroxylation sites is 1. The third-order valence-electron chi connectivity index (χ3n) is 6.11. The average molecular weight is 453 g/mol. The molecule has 2 amide bonds. The molecule has 2 N–H and O–H groups in total. The second-order valence-corrected chi connectivity index (χ2v) is 8.31. The molecule has 0 bridgehead atoms. The van der Waals surface area contributed by atoms with Crippen molar-refractivity contribution < 1.29 is 9.53 Å². The quantitative estimate of drug-likeness (QED) is 0.393. The number of ether oxygens (including phenoxy) is 1. The smallest absolute Gasteiger partial charge is 0.323 e. The van der Waals surface area contributed by atoms with E-state index in [-0.39, 0.29) is 6.03 Å². The van der Waals surface area contributed by atoms with Crippen LogP contribution in [0.4, 0.5) is 21.9 Å². The van der Waals surface area contributed by atoms with Crippen LogP contribution in [0.1, 0.15) is 12.5 Å². The zero-order valence-electron chi connectivity index (χ0n) is 19.3. The molecule has 1 saturated heterocycles. The van der Waals surface area contributed by atoms with Gasteiger partial charge in [-0.2, -0.15) is 0 Å². The molecule has 5 rings (SSSR count). The largest absolute Gasteiger partial charge is 0.378 e. The summed E-state index contributed by atoms with van der Waals surface area (Å²) in [6, 6.07) is 25.8. The molecule has 0 saturated carbocycles. The third-order valence-corrected chi connectivity index (χ3v) is 6.11. The van der Waals surface area contributed by atoms with Crippen LogP contribution >= 0.6 is 0 Å². The number of nitrogens with zero attached hydrogens (tertiary/aromatic N) is 2. The number of hydrogen-bond donors (Lipinski definition) is 2. The lowest BCUT2D eigenvalue weighted by Gasteiger charge is -2.30. The number of nitrogens with one attached hydrogen (secondary N) is 2. The number of carbonyl (C=O) groups is 1. The minimum Gasteiger partial charge on any atom is -0.378 e. The molecular weight excluding hydrogens is 424 g/mol. The molecule has 2 heterocycles. The summed E-state index contributed by atoms with van der Waals surface area (Å²) in [4.78, 5) is 20.0. The highest BCUT2D eigenvalue weighted by Crippen LogP contribution is 2.33. The van der Waals surface area contributed by atoms with Crippen molar-refractivity contribution in [3.63, 3.8) is 0 Å². The number of carbonyl (C=O) groups excluding carboxylic acids is 1. The predicted octanol–water partition coefficient (Wildman–Crippen LogP) is 5.94. The van der Waals surface area contributed by atoms with Gasteiger partial charge in [0.15, 0.2) is 0 Å². The summed E-state index contributed by atoms with van der Waals surface area (Å²) < 4.78 is 5.58. The van der Waals surface area contributed by atoms with E-state index >= 15 is 0 Å². The highest BCUT2D eigenvalue weighted by molar-refractivity contribution is 6.03. The van der Waals surface area contributed by atoms with Crippen molar-refractivity contribution in [1.82, 2.24) is 4.98 Å². The lowest BCUT2D eigenvalue weighted by atomic mass is 10.1. The maximum Gasteiger partial charge on any atom is 0.323 e. The SMILES string of the molecule is CCc1ccccc1NC(=O)Nc1ccc2nc(-c3ccccc3)cc(N3CCOCC3)c2c1. The first kappa shape index (κ1) is 21.9. The van der Waals surface area contributed by atoms with Crippen LogP contribution < -0.4 is 15.5 Å². The van der Waals surface area contributed by atoms with Gasteiger partial charge in [0.05, 0.1) is 24.4 Å². The summed E-state index contributed by atoms with van der Waals surface area (Å²) in [7, 11) is 0. The van der Waals surface area contributed by atoms with Crippen LogP contribution in [0.15, 0.2) is 78.9 Å². The Kier molecular flexibility index (Phi) is 6.40. The Labute approximate surface area is 199 Å². The maximum atomic E-state index is 12.7. The van der Waals surface area contributed by atoms with Crippen LogP contribution in [-0.2, 0) is 11.2 Å². The molecule has 0 spiro atoms. The first-order valence-electron chi connectivity index (χ1n) is 11.7. The summed E-state index contributed by atoms with van der Waals surface area (Å²) >= 11 is 0. The molecule has 1 aliphatic heterocycles. The highest BCUT2D eigenvalue weighted by Gasteiger charge is 2.17. The first-order chi connectivity index (χ1) is 16.7. The molecule has 0 unspecified atom stereocenters. The second kappa shape index (κ2) is 9.93. The molecule has 6 heteroatoms. The molecule has 6 nitrogen and oxygen atoms in total. The van der Waals surface area contributed by atoms with Crippen molar-refractivity contribution in [3.8, 4) is 11.3 Å². The maximum absolute atomic E-state index is 12.7. The number of amides is 2. The summed E-state index contributed by atoms with van der Waals surface area (Å²) in [6.07, 6.45) is 0.852. The van der Waals surface area contributed by atoms with Crippen LogP contribution in [-0.4, -0.2) is 37.3 Å². The zero-order valence-corrected chi connectivity index (χ0v) is 19.3. The number of pyridine rings is 1. The molecule has 0 atom stereocenters. The van der Waals surface area contributed by atoms with Gasteiger partial charge in [-0.05, 0) is 42.3 Å². The van der Waals surface area contributed by atoms with Crippen LogP contribution in [0.5, 0.6) is 0 Å². The number of anilines is 3. The monoisotopic (exact) mass is 452 g/mol. The molecule has 0 radical (unpaired) electrons. The van der Waals surface area contributed by atoms with Gasteiger partial charge in [-0.15, -0.1) is 0 Å². The summed E-state index contributed by atoms with van der Waals surface area (Å²) in [5, 5.41) is 6.97. The van der Waals surface area contributed by atoms with E-state index in [4.69, 9.17) is 9.72 Å². The van der Waals surface area contributed by atoms with Gasteiger partial charge < -0.3 is 20.3 Å². The number of hydrogen-bond acceptors (Lipinski definition) is 4. The van der Waals surface area contributed by atoms with E-state index in [0.29, 0.717) is 13.2 Å². The van der Waals surface area contributed by atoms with E-state index in [1.54, 1.807) is 0 Å². The van der Waals surface area contributed by atoms with Gasteiger partial charge in [-0.3, -0.25) is 0 Å². The van der Waals surface area contributed by atoms with Gasteiger partial charge in [-0.25, -0.2) is 9.78 Å². The lowest BCUT2D eigenvalue weighted by molar-refractivity contribution is 0.123. The lowest BCUT2D eigenvalue weighted by Crippen LogP contribution is -2.36. The molecule has 1 aromatic heterocycles. The van der Waals surface area contributed by atoms with E-state index in [0.717, 1.165) is 64.3 Å². The fourth-order valence-corrected chi connectivity index (χ4v) is 4.34. The Bertz CT molecular complexity index is 1300. The predicted molar refractivity (Wildman–Crippen MR) is 139 cm³/mol. The molecular formula is C28H28N4O2. The molecule has 0 aliphatic carbocycles. The number of morpholine rings is 1. The van der Waals surface area contributed by atoms with Gasteiger partial charge >= 0.3 is 6.03 Å². The van der Waals surface area contributed by atoms with E-state index in [1.165, 1.54) is 0 Å². The summed E-state index contributed by atoms with van der Waals surface area (Å²) in [6.45, 7) is 5.10. The highest BCUT2D eigenvalue weighted by atomic mass is 16.5. The number of benzene rings is 3. The van der Waals surface area contributed by atoms with Gasteiger partial charge in [0, 0.05) is 41.1 Å². The van der Waals surface area contributed by atoms with Gasteiger partial charge in [0.25, 0.3) is 0 Å². The Morgan fingerprint density at radius 2 is 1.71 bits per heavy atom. The van der Waals surface area contributed by atoms with Gasteiger partial charge in [-0.1, -0.05) is 55.5 Å². The number of aromatic nitrogens is 1. The van der Waals surface area contributed by atoms with E-state index in [2.05, 4.69) is 40.7 Å². The van der Waals surface area contributed by atoms with Crippen LogP contribution in [0.3, 0.4) is 0 Å². The van der Waals surface area contributed by atoms with Crippen molar-refractivity contribution in [2.24, 2.45) is 0 Å². The Hall–Kier alpha value is -3.90. The fraction of sp³-hybridized carbons (Fsp3) is 0.214. The normalized spacial score (nSPS) is 13.6. The third kappa shape index (κ3) is 4.72. The van der Waals surface area contributed by atoms with Crippen LogP contribution in [0.25, 0.3) is 22.2 Å². The van der Waals surface area contributed by atoms with E-state index < -0.39 is 0 Å². The average Bonchev–Trinajstić information content (AvgIpc) is 2.89. The number of rotatable bonds is 5. The van der Waals surface area contributed by atoms with Crippen molar-refractivity contribution >= 4 is 34.0 Å². The van der Waals surface area contributed by atoms with Crippen LogP contribution in [0, 0.1) is 0 Å². The van der Waals surface area contributed by atoms with Crippen molar-refractivity contribution in [2.75, 3.05) is 41.8 Å².